The molecule has 0 spiro atoms. The number of anilines is 2. The first-order chi connectivity index (χ1) is 14.9. The van der Waals surface area contributed by atoms with Crippen LogP contribution in [0.2, 0.25) is 0 Å². The molecule has 0 radical (unpaired) electrons. The first-order valence-corrected chi connectivity index (χ1v) is 9.48. The first-order valence-electron chi connectivity index (χ1n) is 9.48. The number of halogens is 1. The number of benzene rings is 1. The van der Waals surface area contributed by atoms with E-state index in [1.807, 2.05) is 10.2 Å². The molecule has 0 bridgehead atoms. The molecule has 1 amide bonds. The maximum absolute atomic E-state index is 15.0. The predicted octanol–water partition coefficient (Wildman–Crippen LogP) is 1.45. The molecular formula is C20H23FN6O4. The van der Waals surface area contributed by atoms with Gasteiger partial charge in [-0.05, 0) is 18.2 Å². The van der Waals surface area contributed by atoms with E-state index in [-0.39, 0.29) is 12.2 Å². The predicted molar refractivity (Wildman–Crippen MR) is 112 cm³/mol. The minimum absolute atomic E-state index is 0.221. The number of hydrogen-bond acceptors (Lipinski definition) is 8. The standard InChI is InChI=1S/C20H23FN6O4/c1-30-18(28)13-5-6-16(24-11-13)27-9-7-26(8-10-27)15-4-2-3-14(17(15)21)12-31-20(29)25-19(22)23/h2-6,11H,7-10,12H2,1H3,(H4,22,23,25,29). The van der Waals surface area contributed by atoms with Gasteiger partial charge in [0.1, 0.15) is 12.4 Å². The maximum atomic E-state index is 15.0. The van der Waals surface area contributed by atoms with Crippen LogP contribution in [0.1, 0.15) is 15.9 Å². The molecule has 11 heteroatoms. The zero-order chi connectivity index (χ0) is 22.4. The Labute approximate surface area is 178 Å². The molecule has 164 valence electrons. The van der Waals surface area contributed by atoms with Crippen LogP contribution in [0.5, 0.6) is 0 Å². The average molecular weight is 430 g/mol. The number of carbonyl (C=O) groups is 2. The Balaban J connectivity index is 1.61. The maximum Gasteiger partial charge on any atom is 0.414 e. The van der Waals surface area contributed by atoms with E-state index in [9.17, 15) is 14.0 Å². The van der Waals surface area contributed by atoms with Gasteiger partial charge in [-0.3, -0.25) is 10.7 Å². The summed E-state index contributed by atoms with van der Waals surface area (Å²) in [5.41, 5.74) is 6.07. The van der Waals surface area contributed by atoms with Crippen molar-refractivity contribution in [2.24, 2.45) is 5.73 Å². The lowest BCUT2D eigenvalue weighted by Crippen LogP contribution is -2.47. The molecule has 2 heterocycles. The molecule has 1 aromatic carbocycles. The number of hydrogen-bond donors (Lipinski definition) is 3. The van der Waals surface area contributed by atoms with E-state index in [2.05, 4.69) is 14.6 Å². The fourth-order valence-corrected chi connectivity index (χ4v) is 3.20. The second kappa shape index (κ2) is 9.74. The molecule has 0 aliphatic carbocycles. The Bertz CT molecular complexity index is 961. The third kappa shape index (κ3) is 5.38. The number of nitrogens with one attached hydrogen (secondary N) is 2. The number of alkyl carbamates (subject to hydrolysis) is 1. The molecule has 4 N–H and O–H groups in total. The summed E-state index contributed by atoms with van der Waals surface area (Å²) in [5, 5.41) is 8.96. The largest absolute Gasteiger partial charge is 0.465 e. The molecule has 31 heavy (non-hydrogen) atoms. The van der Waals surface area contributed by atoms with Crippen LogP contribution in [0, 0.1) is 11.2 Å². The van der Waals surface area contributed by atoms with Gasteiger partial charge in [-0.2, -0.15) is 0 Å². The Hall–Kier alpha value is -3.89. The fourth-order valence-electron chi connectivity index (χ4n) is 3.20. The first kappa shape index (κ1) is 21.8. The number of methoxy groups -OCH3 is 1. The van der Waals surface area contributed by atoms with E-state index in [1.54, 1.807) is 24.3 Å². The van der Waals surface area contributed by atoms with E-state index < -0.39 is 23.8 Å². The molecule has 1 aromatic heterocycles. The van der Waals surface area contributed by atoms with E-state index in [1.165, 1.54) is 19.4 Å². The van der Waals surface area contributed by atoms with Gasteiger partial charge in [0, 0.05) is 37.9 Å². The highest BCUT2D eigenvalue weighted by Gasteiger charge is 2.22. The Morgan fingerprint density at radius 3 is 2.52 bits per heavy atom. The van der Waals surface area contributed by atoms with E-state index >= 15 is 0 Å². The summed E-state index contributed by atoms with van der Waals surface area (Å²) in [6.45, 7) is 2.08. The lowest BCUT2D eigenvalue weighted by atomic mass is 10.1. The number of piperazine rings is 1. The third-order valence-electron chi connectivity index (χ3n) is 4.77. The lowest BCUT2D eigenvalue weighted by Gasteiger charge is -2.37. The van der Waals surface area contributed by atoms with Crippen molar-refractivity contribution in [3.63, 3.8) is 0 Å². The second-order valence-corrected chi connectivity index (χ2v) is 6.74. The summed E-state index contributed by atoms with van der Waals surface area (Å²) in [7, 11) is 1.32. The van der Waals surface area contributed by atoms with Crippen molar-refractivity contribution in [1.82, 2.24) is 10.3 Å². The molecule has 1 aliphatic heterocycles. The number of esters is 1. The van der Waals surface area contributed by atoms with Gasteiger partial charge < -0.3 is 25.0 Å². The van der Waals surface area contributed by atoms with Gasteiger partial charge in [-0.1, -0.05) is 12.1 Å². The van der Waals surface area contributed by atoms with Gasteiger partial charge in [0.2, 0.25) is 0 Å². The molecule has 1 aliphatic rings. The van der Waals surface area contributed by atoms with Crippen molar-refractivity contribution < 1.29 is 23.5 Å². The summed E-state index contributed by atoms with van der Waals surface area (Å²) < 4.78 is 24.5. The third-order valence-corrected chi connectivity index (χ3v) is 4.77. The van der Waals surface area contributed by atoms with Gasteiger partial charge in [0.05, 0.1) is 18.4 Å². The number of carbonyl (C=O) groups excluding carboxylic acids is 2. The molecule has 0 atom stereocenters. The number of amides is 1. The monoisotopic (exact) mass is 430 g/mol. The summed E-state index contributed by atoms with van der Waals surface area (Å²) in [6, 6.07) is 8.31. The Morgan fingerprint density at radius 1 is 1.19 bits per heavy atom. The van der Waals surface area contributed by atoms with Gasteiger partial charge in [0.15, 0.2) is 11.8 Å². The highest BCUT2D eigenvalue weighted by Crippen LogP contribution is 2.25. The van der Waals surface area contributed by atoms with Crippen molar-refractivity contribution in [3.8, 4) is 0 Å². The lowest BCUT2D eigenvalue weighted by molar-refractivity contribution is 0.0600. The summed E-state index contributed by atoms with van der Waals surface area (Å²) in [5.74, 6) is -0.730. The van der Waals surface area contributed by atoms with Crippen LogP contribution < -0.4 is 20.9 Å². The highest BCUT2D eigenvalue weighted by atomic mass is 19.1. The Morgan fingerprint density at radius 2 is 1.90 bits per heavy atom. The smallest absolute Gasteiger partial charge is 0.414 e. The van der Waals surface area contributed by atoms with Crippen molar-refractivity contribution >= 4 is 29.5 Å². The number of ether oxygens (including phenoxy) is 2. The van der Waals surface area contributed by atoms with Crippen molar-refractivity contribution in [3.05, 3.63) is 53.5 Å². The molecule has 0 saturated carbocycles. The van der Waals surface area contributed by atoms with Crippen LogP contribution in [0.15, 0.2) is 36.5 Å². The van der Waals surface area contributed by atoms with Crippen LogP contribution in [0.3, 0.4) is 0 Å². The average Bonchev–Trinajstić information content (AvgIpc) is 2.77. The van der Waals surface area contributed by atoms with Gasteiger partial charge in [-0.15, -0.1) is 0 Å². The van der Waals surface area contributed by atoms with Crippen LogP contribution in [0.4, 0.5) is 20.7 Å². The van der Waals surface area contributed by atoms with Gasteiger partial charge in [0.25, 0.3) is 0 Å². The number of guanidine groups is 1. The number of aromatic nitrogens is 1. The zero-order valence-corrected chi connectivity index (χ0v) is 16.9. The zero-order valence-electron chi connectivity index (χ0n) is 16.9. The van der Waals surface area contributed by atoms with Gasteiger partial charge in [-0.25, -0.2) is 19.0 Å². The van der Waals surface area contributed by atoms with Crippen molar-refractivity contribution in [1.29, 1.82) is 5.41 Å². The van der Waals surface area contributed by atoms with Crippen molar-refractivity contribution in [2.45, 2.75) is 6.61 Å². The molecule has 10 nitrogen and oxygen atoms in total. The second-order valence-electron chi connectivity index (χ2n) is 6.74. The van der Waals surface area contributed by atoms with E-state index in [0.717, 1.165) is 5.82 Å². The van der Waals surface area contributed by atoms with Crippen LogP contribution >= 0.6 is 0 Å². The topological polar surface area (TPSA) is 134 Å². The number of pyridine rings is 1. The van der Waals surface area contributed by atoms with Crippen LogP contribution in [-0.4, -0.2) is 56.3 Å². The molecule has 0 unspecified atom stereocenters. The molecule has 1 saturated heterocycles. The van der Waals surface area contributed by atoms with Crippen LogP contribution in [0.25, 0.3) is 0 Å². The van der Waals surface area contributed by atoms with Crippen molar-refractivity contribution in [2.75, 3.05) is 43.1 Å². The minimum Gasteiger partial charge on any atom is -0.465 e. The van der Waals surface area contributed by atoms with Crippen LogP contribution in [-0.2, 0) is 16.1 Å². The molecule has 1 fully saturated rings. The number of nitrogens with two attached hydrogens (primary N) is 1. The normalized spacial score (nSPS) is 13.5. The highest BCUT2D eigenvalue weighted by molar-refractivity contribution is 5.91. The minimum atomic E-state index is -0.920. The van der Waals surface area contributed by atoms with Gasteiger partial charge >= 0.3 is 12.1 Å². The molecular weight excluding hydrogens is 407 g/mol. The summed E-state index contributed by atoms with van der Waals surface area (Å²) in [4.78, 5) is 31.3. The number of rotatable bonds is 5. The fraction of sp³-hybridized carbons (Fsp3) is 0.300. The molecule has 2 aromatic rings. The SMILES string of the molecule is COC(=O)c1ccc(N2CCN(c3cccc(COC(=O)NC(=N)N)c3F)CC2)nc1. The summed E-state index contributed by atoms with van der Waals surface area (Å²) in [6.07, 6.45) is 0.551. The number of nitrogens with zero attached hydrogens (tertiary/aromatic N) is 3. The van der Waals surface area contributed by atoms with E-state index in [4.69, 9.17) is 15.9 Å². The Kier molecular flexibility index (Phi) is 6.85. The van der Waals surface area contributed by atoms with E-state index in [0.29, 0.717) is 37.4 Å². The summed E-state index contributed by atoms with van der Waals surface area (Å²) >= 11 is 0. The molecule has 3 rings (SSSR count). The quantitative estimate of drug-likeness (QED) is 0.369.